The van der Waals surface area contributed by atoms with Gasteiger partial charge >= 0.3 is 12.2 Å². The van der Waals surface area contributed by atoms with E-state index in [0.29, 0.717) is 19.6 Å². The lowest BCUT2D eigenvalue weighted by atomic mass is 9.83. The number of piperidine rings is 1. The van der Waals surface area contributed by atoms with Crippen LogP contribution in [-0.2, 0) is 12.7 Å². The lowest BCUT2D eigenvalue weighted by molar-refractivity contribution is -0.137. The van der Waals surface area contributed by atoms with Crippen molar-refractivity contribution in [3.05, 3.63) is 63.0 Å². The zero-order chi connectivity index (χ0) is 20.1. The molecule has 2 aliphatic heterocycles. The topological polar surface area (TPSA) is 54.3 Å². The number of fused-ring (bicyclic) bond motifs is 4. The summed E-state index contributed by atoms with van der Waals surface area (Å²) in [4.78, 5) is 26.3. The molecule has 2 amide bonds. The normalized spacial score (nSPS) is 21.2. The van der Waals surface area contributed by atoms with Crippen molar-refractivity contribution in [3.8, 4) is 0 Å². The van der Waals surface area contributed by atoms with Crippen LogP contribution in [0.25, 0.3) is 0 Å². The second kappa shape index (κ2) is 6.84. The number of likely N-dealkylation sites (tertiary alicyclic amines) is 1. The molecule has 0 radical (unpaired) electrons. The molecule has 1 aromatic heterocycles. The number of halogens is 4. The van der Waals surface area contributed by atoms with E-state index in [0.717, 1.165) is 30.3 Å². The quantitative estimate of drug-likeness (QED) is 0.765. The van der Waals surface area contributed by atoms with Gasteiger partial charge in [-0.1, -0.05) is 17.7 Å². The number of urea groups is 1. The third-order valence-electron chi connectivity index (χ3n) is 5.30. The number of amides is 2. The Morgan fingerprint density at radius 1 is 1.14 bits per heavy atom. The first kappa shape index (κ1) is 18.9. The number of benzene rings is 1. The SMILES string of the molecule is O=C(Nc1cc(C(F)(F)F)ccc1Cl)N1C[C@H]2C[C@H](C1)c1cccc(=O)n1C2. The van der Waals surface area contributed by atoms with E-state index in [1.54, 1.807) is 15.5 Å². The molecule has 148 valence electrons. The molecule has 0 unspecified atom stereocenters. The van der Waals surface area contributed by atoms with Gasteiger partial charge in [0, 0.05) is 37.3 Å². The maximum Gasteiger partial charge on any atom is 0.416 e. The number of carbonyl (C=O) groups excluding carboxylic acids is 1. The summed E-state index contributed by atoms with van der Waals surface area (Å²) in [5, 5.41) is 2.54. The van der Waals surface area contributed by atoms with Crippen molar-refractivity contribution in [1.82, 2.24) is 9.47 Å². The molecule has 0 saturated carbocycles. The van der Waals surface area contributed by atoms with Crippen LogP contribution in [0.2, 0.25) is 5.02 Å². The Labute approximate surface area is 163 Å². The van der Waals surface area contributed by atoms with Gasteiger partial charge in [-0.15, -0.1) is 0 Å². The maximum absolute atomic E-state index is 12.9. The zero-order valence-electron chi connectivity index (χ0n) is 14.7. The average Bonchev–Trinajstić information content (AvgIpc) is 2.63. The lowest BCUT2D eigenvalue weighted by Gasteiger charge is -2.42. The molecular weight excluding hydrogens is 395 g/mol. The van der Waals surface area contributed by atoms with Crippen molar-refractivity contribution in [2.75, 3.05) is 18.4 Å². The predicted molar refractivity (Wildman–Crippen MR) is 98.6 cm³/mol. The number of nitrogens with zero attached hydrogens (tertiary/aromatic N) is 2. The van der Waals surface area contributed by atoms with Gasteiger partial charge in [0.15, 0.2) is 0 Å². The summed E-state index contributed by atoms with van der Waals surface area (Å²) in [5.41, 5.74) is -0.121. The molecule has 1 saturated heterocycles. The van der Waals surface area contributed by atoms with Crippen LogP contribution in [0.3, 0.4) is 0 Å². The summed E-state index contributed by atoms with van der Waals surface area (Å²) in [7, 11) is 0. The number of rotatable bonds is 1. The summed E-state index contributed by atoms with van der Waals surface area (Å²) in [5.74, 6) is 0.137. The summed E-state index contributed by atoms with van der Waals surface area (Å²) in [6.07, 6.45) is -3.65. The number of hydrogen-bond acceptors (Lipinski definition) is 2. The molecule has 2 aromatic rings. The van der Waals surface area contributed by atoms with Crippen LogP contribution in [0.4, 0.5) is 23.7 Å². The highest BCUT2D eigenvalue weighted by Crippen LogP contribution is 2.36. The molecule has 5 nitrogen and oxygen atoms in total. The van der Waals surface area contributed by atoms with Gasteiger partial charge in [-0.05, 0) is 36.6 Å². The highest BCUT2D eigenvalue weighted by atomic mass is 35.5. The van der Waals surface area contributed by atoms with Crippen molar-refractivity contribution in [2.45, 2.75) is 25.1 Å². The van der Waals surface area contributed by atoms with Crippen molar-refractivity contribution in [1.29, 1.82) is 0 Å². The minimum Gasteiger partial charge on any atom is -0.324 e. The predicted octanol–water partition coefficient (Wildman–Crippen LogP) is 4.17. The van der Waals surface area contributed by atoms with E-state index in [2.05, 4.69) is 5.32 Å². The second-order valence-electron chi connectivity index (χ2n) is 7.23. The Kier molecular flexibility index (Phi) is 4.61. The monoisotopic (exact) mass is 411 g/mol. The van der Waals surface area contributed by atoms with Gasteiger partial charge in [0.1, 0.15) is 0 Å². The number of nitrogens with one attached hydrogen (secondary N) is 1. The third kappa shape index (κ3) is 3.48. The van der Waals surface area contributed by atoms with Gasteiger partial charge in [0.2, 0.25) is 0 Å². The summed E-state index contributed by atoms with van der Waals surface area (Å²) < 4.78 is 40.5. The minimum atomic E-state index is -4.52. The smallest absolute Gasteiger partial charge is 0.324 e. The summed E-state index contributed by atoms with van der Waals surface area (Å²) >= 11 is 5.97. The van der Waals surface area contributed by atoms with Crippen molar-refractivity contribution in [2.24, 2.45) is 5.92 Å². The molecule has 9 heteroatoms. The lowest BCUT2D eigenvalue weighted by Crippen LogP contribution is -2.50. The highest BCUT2D eigenvalue weighted by Gasteiger charge is 2.36. The molecule has 2 bridgehead atoms. The summed E-state index contributed by atoms with van der Waals surface area (Å²) in [6.45, 7) is 1.35. The first-order valence-electron chi connectivity index (χ1n) is 8.85. The van der Waals surface area contributed by atoms with Crippen LogP contribution < -0.4 is 10.9 Å². The Balaban J connectivity index is 1.54. The van der Waals surface area contributed by atoms with Crippen LogP contribution >= 0.6 is 11.6 Å². The minimum absolute atomic E-state index is 0.0177. The number of alkyl halides is 3. The molecule has 1 aromatic carbocycles. The molecular formula is C19H17ClF3N3O2. The van der Waals surface area contributed by atoms with Crippen LogP contribution in [0.5, 0.6) is 0 Å². The molecule has 0 aliphatic carbocycles. The van der Waals surface area contributed by atoms with E-state index in [4.69, 9.17) is 11.6 Å². The number of carbonyl (C=O) groups is 1. The van der Waals surface area contributed by atoms with E-state index in [9.17, 15) is 22.8 Å². The largest absolute Gasteiger partial charge is 0.416 e. The van der Waals surface area contributed by atoms with Gasteiger partial charge in [-0.3, -0.25) is 4.79 Å². The maximum atomic E-state index is 12.9. The third-order valence-corrected chi connectivity index (χ3v) is 5.63. The number of pyridine rings is 1. The first-order valence-corrected chi connectivity index (χ1v) is 9.22. The van der Waals surface area contributed by atoms with Gasteiger partial charge in [-0.2, -0.15) is 13.2 Å². The fourth-order valence-electron chi connectivity index (χ4n) is 4.05. The zero-order valence-corrected chi connectivity index (χ0v) is 15.4. The van der Waals surface area contributed by atoms with Gasteiger partial charge < -0.3 is 14.8 Å². The molecule has 28 heavy (non-hydrogen) atoms. The van der Waals surface area contributed by atoms with E-state index >= 15 is 0 Å². The molecule has 2 aliphatic rings. The van der Waals surface area contributed by atoms with Crippen molar-refractivity contribution >= 4 is 23.3 Å². The Hall–Kier alpha value is -2.48. The molecule has 2 atom stereocenters. The summed E-state index contributed by atoms with van der Waals surface area (Å²) in [6, 6.07) is 7.43. The van der Waals surface area contributed by atoms with E-state index in [-0.39, 0.29) is 28.1 Å². The van der Waals surface area contributed by atoms with Crippen molar-refractivity contribution in [3.63, 3.8) is 0 Å². The molecule has 4 rings (SSSR count). The fourth-order valence-corrected chi connectivity index (χ4v) is 4.22. The Morgan fingerprint density at radius 2 is 1.93 bits per heavy atom. The van der Waals surface area contributed by atoms with Crippen LogP contribution in [0.15, 0.2) is 41.2 Å². The van der Waals surface area contributed by atoms with E-state index < -0.39 is 17.8 Å². The second-order valence-corrected chi connectivity index (χ2v) is 7.63. The standard InChI is InChI=1S/C19H17ClF3N3O2/c20-14-5-4-13(19(21,22)23)7-15(14)24-18(28)25-8-11-6-12(10-25)16-2-1-3-17(27)26(16)9-11/h1-5,7,11-12H,6,8-10H2,(H,24,28)/t11-,12-/m1/s1. The molecule has 3 heterocycles. The first-order chi connectivity index (χ1) is 13.2. The van der Waals surface area contributed by atoms with Gasteiger partial charge in [-0.25, -0.2) is 4.79 Å². The molecule has 0 spiro atoms. The van der Waals surface area contributed by atoms with Gasteiger partial charge in [0.05, 0.1) is 16.3 Å². The molecule has 1 fully saturated rings. The van der Waals surface area contributed by atoms with Crippen molar-refractivity contribution < 1.29 is 18.0 Å². The van der Waals surface area contributed by atoms with Crippen LogP contribution in [0, 0.1) is 5.92 Å². The Bertz CT molecular complexity index is 989. The average molecular weight is 412 g/mol. The van der Waals surface area contributed by atoms with E-state index in [1.165, 1.54) is 6.07 Å². The highest BCUT2D eigenvalue weighted by molar-refractivity contribution is 6.33. The Morgan fingerprint density at radius 3 is 2.68 bits per heavy atom. The number of anilines is 1. The van der Waals surface area contributed by atoms with Crippen LogP contribution in [0.1, 0.15) is 23.6 Å². The number of aromatic nitrogens is 1. The molecule has 1 N–H and O–H groups in total. The van der Waals surface area contributed by atoms with Gasteiger partial charge in [0.25, 0.3) is 5.56 Å². The fraction of sp³-hybridized carbons (Fsp3) is 0.368. The van der Waals surface area contributed by atoms with E-state index in [1.807, 2.05) is 6.07 Å². The van der Waals surface area contributed by atoms with Crippen LogP contribution in [-0.4, -0.2) is 28.6 Å². The number of hydrogen-bond donors (Lipinski definition) is 1.